The molecule has 1 heterocycles. The fourth-order valence-corrected chi connectivity index (χ4v) is 3.33. The molecule has 1 aliphatic carbocycles. The van der Waals surface area contributed by atoms with E-state index < -0.39 is 0 Å². The summed E-state index contributed by atoms with van der Waals surface area (Å²) in [4.78, 5) is 8.90. The molecule has 2 rings (SSSR count). The smallest absolute Gasteiger partial charge is 0.131 e. The van der Waals surface area contributed by atoms with Crippen molar-refractivity contribution in [3.8, 4) is 0 Å². The summed E-state index contributed by atoms with van der Waals surface area (Å²) < 4.78 is 0.876. The molecule has 19 heavy (non-hydrogen) atoms. The zero-order valence-electron chi connectivity index (χ0n) is 12.0. The maximum atomic E-state index is 4.55. The van der Waals surface area contributed by atoms with E-state index in [0.717, 1.165) is 28.6 Å². The molecular formula is C15H24BrN3. The molecule has 1 aromatic rings. The van der Waals surface area contributed by atoms with Crippen molar-refractivity contribution >= 4 is 21.7 Å². The molecule has 1 aromatic heterocycles. The van der Waals surface area contributed by atoms with Gasteiger partial charge in [-0.2, -0.15) is 0 Å². The third-order valence-electron chi connectivity index (χ3n) is 3.95. The Labute approximate surface area is 124 Å². The number of aryl methyl sites for hydroxylation is 1. The highest BCUT2D eigenvalue weighted by Crippen LogP contribution is 2.29. The summed E-state index contributed by atoms with van der Waals surface area (Å²) in [6.07, 6.45) is 8.85. The van der Waals surface area contributed by atoms with Gasteiger partial charge in [-0.05, 0) is 47.5 Å². The number of nitrogens with one attached hydrogen (secondary N) is 1. The molecule has 0 amide bonds. The van der Waals surface area contributed by atoms with Gasteiger partial charge in [0, 0.05) is 18.5 Å². The minimum Gasteiger partial charge on any atom is -0.367 e. The average Bonchev–Trinajstić information content (AvgIpc) is 2.40. The first-order valence-electron chi connectivity index (χ1n) is 7.51. The van der Waals surface area contributed by atoms with Gasteiger partial charge in [0.05, 0.1) is 0 Å². The Morgan fingerprint density at radius 2 is 1.95 bits per heavy atom. The van der Waals surface area contributed by atoms with Crippen LogP contribution in [0.3, 0.4) is 0 Å². The Bertz CT molecular complexity index is 400. The Hall–Kier alpha value is -0.640. The molecule has 1 N–H and O–H groups in total. The van der Waals surface area contributed by atoms with Crippen molar-refractivity contribution in [1.82, 2.24) is 9.97 Å². The van der Waals surface area contributed by atoms with Crippen LogP contribution in [-0.2, 0) is 6.42 Å². The Morgan fingerprint density at radius 3 is 2.58 bits per heavy atom. The Morgan fingerprint density at radius 1 is 1.21 bits per heavy atom. The van der Waals surface area contributed by atoms with Crippen LogP contribution in [0, 0.1) is 5.92 Å². The van der Waals surface area contributed by atoms with E-state index in [0.29, 0.717) is 6.04 Å². The molecule has 0 aromatic carbocycles. The highest BCUT2D eigenvalue weighted by molar-refractivity contribution is 9.10. The molecule has 3 nitrogen and oxygen atoms in total. The zero-order chi connectivity index (χ0) is 13.7. The van der Waals surface area contributed by atoms with Crippen molar-refractivity contribution < 1.29 is 0 Å². The second kappa shape index (κ2) is 7.22. The SMILES string of the molecule is CCCC1CCC(Nc2cc(Br)nc(CC)n2)CC1. The lowest BCUT2D eigenvalue weighted by atomic mass is 9.83. The number of aromatic nitrogens is 2. The van der Waals surface area contributed by atoms with Gasteiger partial charge in [-0.15, -0.1) is 0 Å². The van der Waals surface area contributed by atoms with E-state index in [2.05, 4.69) is 45.1 Å². The monoisotopic (exact) mass is 325 g/mol. The summed E-state index contributed by atoms with van der Waals surface area (Å²) >= 11 is 3.46. The topological polar surface area (TPSA) is 37.8 Å². The molecule has 0 unspecified atom stereocenters. The summed E-state index contributed by atoms with van der Waals surface area (Å²) in [6, 6.07) is 2.57. The van der Waals surface area contributed by atoms with Gasteiger partial charge >= 0.3 is 0 Å². The van der Waals surface area contributed by atoms with E-state index in [1.54, 1.807) is 0 Å². The highest BCUT2D eigenvalue weighted by atomic mass is 79.9. The zero-order valence-corrected chi connectivity index (χ0v) is 13.5. The van der Waals surface area contributed by atoms with Gasteiger partial charge in [0.2, 0.25) is 0 Å². The third kappa shape index (κ3) is 4.44. The second-order valence-corrected chi connectivity index (χ2v) is 6.31. The molecule has 106 valence electrons. The van der Waals surface area contributed by atoms with E-state index in [-0.39, 0.29) is 0 Å². The van der Waals surface area contributed by atoms with E-state index in [4.69, 9.17) is 0 Å². The lowest BCUT2D eigenvalue weighted by molar-refractivity contribution is 0.318. The molecule has 0 atom stereocenters. The standard InChI is InChI=1S/C15H24BrN3/c1-3-5-11-6-8-12(9-7-11)17-15-10-13(16)18-14(4-2)19-15/h10-12H,3-9H2,1-2H3,(H,17,18,19). The van der Waals surface area contributed by atoms with Gasteiger partial charge in [0.1, 0.15) is 16.2 Å². The number of nitrogens with zero attached hydrogens (tertiary/aromatic N) is 2. The summed E-state index contributed by atoms with van der Waals surface area (Å²) in [7, 11) is 0. The summed E-state index contributed by atoms with van der Waals surface area (Å²) in [5.41, 5.74) is 0. The molecule has 0 bridgehead atoms. The van der Waals surface area contributed by atoms with Crippen LogP contribution in [0.25, 0.3) is 0 Å². The van der Waals surface area contributed by atoms with E-state index in [1.807, 2.05) is 6.07 Å². The van der Waals surface area contributed by atoms with Crippen LogP contribution in [0.4, 0.5) is 5.82 Å². The molecular weight excluding hydrogens is 302 g/mol. The first kappa shape index (κ1) is 14.8. The van der Waals surface area contributed by atoms with E-state index >= 15 is 0 Å². The molecule has 1 saturated carbocycles. The van der Waals surface area contributed by atoms with Crippen LogP contribution in [0.2, 0.25) is 0 Å². The second-order valence-electron chi connectivity index (χ2n) is 5.50. The molecule has 0 radical (unpaired) electrons. The van der Waals surface area contributed by atoms with E-state index in [9.17, 15) is 0 Å². The van der Waals surface area contributed by atoms with Crippen molar-refractivity contribution in [3.63, 3.8) is 0 Å². The number of hydrogen-bond donors (Lipinski definition) is 1. The average molecular weight is 326 g/mol. The Kier molecular flexibility index (Phi) is 5.61. The number of hydrogen-bond acceptors (Lipinski definition) is 3. The van der Waals surface area contributed by atoms with Gasteiger partial charge < -0.3 is 5.32 Å². The van der Waals surface area contributed by atoms with Gasteiger partial charge in [0.25, 0.3) is 0 Å². The number of halogens is 1. The largest absolute Gasteiger partial charge is 0.367 e. The van der Waals surface area contributed by atoms with Crippen LogP contribution in [0.15, 0.2) is 10.7 Å². The van der Waals surface area contributed by atoms with Crippen molar-refractivity contribution in [2.75, 3.05) is 5.32 Å². The summed E-state index contributed by atoms with van der Waals surface area (Å²) in [5, 5.41) is 3.58. The van der Waals surface area contributed by atoms with Crippen molar-refractivity contribution in [3.05, 3.63) is 16.5 Å². The lowest BCUT2D eigenvalue weighted by Crippen LogP contribution is -2.26. The minimum atomic E-state index is 0.583. The van der Waals surface area contributed by atoms with Crippen molar-refractivity contribution in [2.45, 2.75) is 64.8 Å². The van der Waals surface area contributed by atoms with Crippen LogP contribution >= 0.6 is 15.9 Å². The first-order valence-corrected chi connectivity index (χ1v) is 8.30. The number of anilines is 1. The van der Waals surface area contributed by atoms with Crippen LogP contribution in [-0.4, -0.2) is 16.0 Å². The highest BCUT2D eigenvalue weighted by Gasteiger charge is 2.20. The maximum Gasteiger partial charge on any atom is 0.131 e. The van der Waals surface area contributed by atoms with E-state index in [1.165, 1.54) is 38.5 Å². The Balaban J connectivity index is 1.90. The van der Waals surface area contributed by atoms with Crippen LogP contribution in [0.5, 0.6) is 0 Å². The molecule has 1 aliphatic rings. The minimum absolute atomic E-state index is 0.583. The van der Waals surface area contributed by atoms with Gasteiger partial charge in [-0.1, -0.05) is 26.7 Å². The molecule has 4 heteroatoms. The summed E-state index contributed by atoms with van der Waals surface area (Å²) in [5.74, 6) is 2.82. The lowest BCUT2D eigenvalue weighted by Gasteiger charge is -2.29. The maximum absolute atomic E-state index is 4.55. The van der Waals surface area contributed by atoms with Crippen LogP contribution in [0.1, 0.15) is 58.2 Å². The predicted octanol–water partition coefficient (Wildman–Crippen LogP) is 4.57. The fraction of sp³-hybridized carbons (Fsp3) is 0.733. The predicted molar refractivity (Wildman–Crippen MR) is 83.4 cm³/mol. The van der Waals surface area contributed by atoms with Gasteiger partial charge in [0.15, 0.2) is 0 Å². The third-order valence-corrected chi connectivity index (χ3v) is 4.36. The quantitative estimate of drug-likeness (QED) is 0.805. The first-order chi connectivity index (χ1) is 9.21. The number of rotatable bonds is 5. The van der Waals surface area contributed by atoms with Gasteiger partial charge in [-0.3, -0.25) is 0 Å². The fourth-order valence-electron chi connectivity index (χ4n) is 2.91. The van der Waals surface area contributed by atoms with Crippen molar-refractivity contribution in [1.29, 1.82) is 0 Å². The molecule has 0 spiro atoms. The summed E-state index contributed by atoms with van der Waals surface area (Å²) in [6.45, 7) is 4.37. The van der Waals surface area contributed by atoms with Crippen LogP contribution < -0.4 is 5.32 Å². The molecule has 0 aliphatic heterocycles. The van der Waals surface area contributed by atoms with Crippen molar-refractivity contribution in [2.24, 2.45) is 5.92 Å². The molecule has 1 fully saturated rings. The molecule has 0 saturated heterocycles. The normalized spacial score (nSPS) is 23.3. The van der Waals surface area contributed by atoms with Gasteiger partial charge in [-0.25, -0.2) is 9.97 Å².